The van der Waals surface area contributed by atoms with Crippen molar-refractivity contribution in [3.8, 4) is 5.75 Å². The molecule has 1 aromatic rings. The van der Waals surface area contributed by atoms with E-state index < -0.39 is 6.29 Å². The van der Waals surface area contributed by atoms with Crippen LogP contribution >= 0.6 is 0 Å². The maximum atomic E-state index is 11.1. The highest BCUT2D eigenvalue weighted by molar-refractivity contribution is 5.73. The number of rotatable bonds is 4. The average molecular weight is 210 g/mol. The van der Waals surface area contributed by atoms with E-state index in [2.05, 4.69) is 4.74 Å². The molecule has 0 fully saturated rings. The second-order valence-electron chi connectivity index (χ2n) is 3.08. The van der Waals surface area contributed by atoms with Crippen LogP contribution in [0.4, 0.5) is 0 Å². The third-order valence-electron chi connectivity index (χ3n) is 1.83. The Morgan fingerprint density at radius 3 is 2.73 bits per heavy atom. The van der Waals surface area contributed by atoms with Crippen molar-refractivity contribution in [1.82, 2.24) is 0 Å². The lowest BCUT2D eigenvalue weighted by atomic mass is 10.1. The second kappa shape index (κ2) is 5.36. The molecule has 0 saturated heterocycles. The summed E-state index contributed by atoms with van der Waals surface area (Å²) in [5, 5.41) is 9.08. The predicted molar refractivity (Wildman–Crippen MR) is 54.5 cm³/mol. The lowest BCUT2D eigenvalue weighted by Gasteiger charge is -2.12. The Hall–Kier alpha value is -1.55. The monoisotopic (exact) mass is 210 g/mol. The Labute approximate surface area is 88.4 Å². The maximum Gasteiger partial charge on any atom is 0.310 e. The van der Waals surface area contributed by atoms with Gasteiger partial charge in [0.2, 0.25) is 0 Å². The molecule has 0 aliphatic heterocycles. The summed E-state index contributed by atoms with van der Waals surface area (Å²) in [4.78, 5) is 11.1. The predicted octanol–water partition coefficient (Wildman–Crippen LogP) is 1.12. The molecule has 0 saturated carbocycles. The summed E-state index contributed by atoms with van der Waals surface area (Å²) in [6, 6.07) is 7.03. The normalized spacial score (nSPS) is 11.9. The number of benzene rings is 1. The molecule has 15 heavy (non-hydrogen) atoms. The van der Waals surface area contributed by atoms with Crippen LogP contribution < -0.4 is 4.74 Å². The van der Waals surface area contributed by atoms with E-state index in [1.807, 2.05) is 0 Å². The van der Waals surface area contributed by atoms with Crippen LogP contribution in [0.15, 0.2) is 24.3 Å². The molecule has 0 aliphatic rings. The standard InChI is InChI=1S/C11H14O4/c1-8(12)15-10-6-4-3-5-9(10)7-11(13)14-2/h3-6,8,12H,7H2,1-2H3. The molecule has 1 N–H and O–H groups in total. The summed E-state index contributed by atoms with van der Waals surface area (Å²) in [6.45, 7) is 1.51. The van der Waals surface area contributed by atoms with Gasteiger partial charge in [0.15, 0.2) is 6.29 Å². The number of hydrogen-bond acceptors (Lipinski definition) is 4. The van der Waals surface area contributed by atoms with E-state index in [0.717, 1.165) is 0 Å². The highest BCUT2D eigenvalue weighted by atomic mass is 16.6. The molecule has 0 aromatic heterocycles. The number of aliphatic hydroxyl groups excluding tert-OH is 1. The molecule has 0 radical (unpaired) electrons. The van der Waals surface area contributed by atoms with Crippen LogP contribution in [-0.4, -0.2) is 24.5 Å². The minimum Gasteiger partial charge on any atom is -0.469 e. The highest BCUT2D eigenvalue weighted by Gasteiger charge is 2.09. The third kappa shape index (κ3) is 3.59. The molecule has 1 unspecified atom stereocenters. The van der Waals surface area contributed by atoms with Crippen LogP contribution in [0, 0.1) is 0 Å². The number of carbonyl (C=O) groups excluding carboxylic acids is 1. The van der Waals surface area contributed by atoms with Crippen LogP contribution in [0.1, 0.15) is 12.5 Å². The number of methoxy groups -OCH3 is 1. The van der Waals surface area contributed by atoms with Crippen LogP contribution in [0.25, 0.3) is 0 Å². The maximum absolute atomic E-state index is 11.1. The van der Waals surface area contributed by atoms with Gasteiger partial charge in [-0.15, -0.1) is 0 Å². The number of hydrogen-bond donors (Lipinski definition) is 1. The second-order valence-corrected chi connectivity index (χ2v) is 3.08. The van der Waals surface area contributed by atoms with Crippen LogP contribution in [0.5, 0.6) is 5.75 Å². The van der Waals surface area contributed by atoms with Crippen molar-refractivity contribution in [3.05, 3.63) is 29.8 Å². The van der Waals surface area contributed by atoms with E-state index in [9.17, 15) is 4.79 Å². The van der Waals surface area contributed by atoms with Gasteiger partial charge in [0.05, 0.1) is 13.5 Å². The fourth-order valence-electron chi connectivity index (χ4n) is 1.18. The van der Waals surface area contributed by atoms with Gasteiger partial charge >= 0.3 is 5.97 Å². The van der Waals surface area contributed by atoms with Gasteiger partial charge in [-0.25, -0.2) is 0 Å². The fraction of sp³-hybridized carbons (Fsp3) is 0.364. The number of ether oxygens (including phenoxy) is 2. The number of esters is 1. The van der Waals surface area contributed by atoms with Crippen LogP contribution in [-0.2, 0) is 16.0 Å². The van der Waals surface area contributed by atoms with Crippen molar-refractivity contribution in [2.45, 2.75) is 19.6 Å². The number of para-hydroxylation sites is 1. The van der Waals surface area contributed by atoms with Gasteiger partial charge in [-0.2, -0.15) is 0 Å². The first-order chi connectivity index (χ1) is 7.13. The fourth-order valence-corrected chi connectivity index (χ4v) is 1.18. The van der Waals surface area contributed by atoms with Crippen LogP contribution in [0.3, 0.4) is 0 Å². The van der Waals surface area contributed by atoms with Gasteiger partial charge in [0.25, 0.3) is 0 Å². The van der Waals surface area contributed by atoms with Gasteiger partial charge in [-0.1, -0.05) is 18.2 Å². The lowest BCUT2D eigenvalue weighted by molar-refractivity contribution is -0.139. The zero-order valence-electron chi connectivity index (χ0n) is 8.77. The van der Waals surface area contributed by atoms with Gasteiger partial charge in [-0.3, -0.25) is 4.79 Å². The van der Waals surface area contributed by atoms with E-state index in [-0.39, 0.29) is 12.4 Å². The van der Waals surface area contributed by atoms with Crippen molar-refractivity contribution < 1.29 is 19.4 Å². The summed E-state index contributed by atoms with van der Waals surface area (Å²) < 4.78 is 9.70. The Morgan fingerprint density at radius 2 is 2.13 bits per heavy atom. The first-order valence-corrected chi connectivity index (χ1v) is 4.63. The average Bonchev–Trinajstić information content (AvgIpc) is 2.20. The topological polar surface area (TPSA) is 55.8 Å². The largest absolute Gasteiger partial charge is 0.469 e. The van der Waals surface area contributed by atoms with Crippen molar-refractivity contribution in [3.63, 3.8) is 0 Å². The zero-order chi connectivity index (χ0) is 11.3. The minimum absolute atomic E-state index is 0.138. The van der Waals surface area contributed by atoms with E-state index in [1.165, 1.54) is 14.0 Å². The third-order valence-corrected chi connectivity index (χ3v) is 1.83. The Kier molecular flexibility index (Phi) is 4.12. The first-order valence-electron chi connectivity index (χ1n) is 4.63. The van der Waals surface area contributed by atoms with E-state index >= 15 is 0 Å². The molecular formula is C11H14O4. The molecule has 0 bridgehead atoms. The molecule has 4 nitrogen and oxygen atoms in total. The Balaban J connectivity index is 2.81. The molecule has 0 heterocycles. The molecule has 0 spiro atoms. The van der Waals surface area contributed by atoms with Crippen molar-refractivity contribution in [2.75, 3.05) is 7.11 Å². The van der Waals surface area contributed by atoms with Gasteiger partial charge in [-0.05, 0) is 13.0 Å². The van der Waals surface area contributed by atoms with Crippen molar-refractivity contribution >= 4 is 5.97 Å². The summed E-state index contributed by atoms with van der Waals surface area (Å²) in [5.41, 5.74) is 0.699. The van der Waals surface area contributed by atoms with E-state index in [1.54, 1.807) is 24.3 Å². The minimum atomic E-state index is -0.899. The quantitative estimate of drug-likeness (QED) is 0.597. The van der Waals surface area contributed by atoms with Crippen molar-refractivity contribution in [2.24, 2.45) is 0 Å². The van der Waals surface area contributed by atoms with Crippen LogP contribution in [0.2, 0.25) is 0 Å². The molecule has 4 heteroatoms. The van der Waals surface area contributed by atoms with Gasteiger partial charge in [0, 0.05) is 5.56 Å². The number of carbonyl (C=O) groups is 1. The summed E-state index contributed by atoms with van der Waals surface area (Å²) in [5.74, 6) is 0.162. The molecule has 0 amide bonds. The summed E-state index contributed by atoms with van der Waals surface area (Å²) in [6.07, 6.45) is -0.761. The Morgan fingerprint density at radius 1 is 1.47 bits per heavy atom. The zero-order valence-corrected chi connectivity index (χ0v) is 8.77. The molecule has 82 valence electrons. The SMILES string of the molecule is COC(=O)Cc1ccccc1OC(C)O. The van der Waals surface area contributed by atoms with Gasteiger partial charge in [0.1, 0.15) is 5.75 Å². The molecule has 0 aliphatic carbocycles. The van der Waals surface area contributed by atoms with Gasteiger partial charge < -0.3 is 14.6 Å². The van der Waals surface area contributed by atoms with Crippen molar-refractivity contribution in [1.29, 1.82) is 0 Å². The summed E-state index contributed by atoms with van der Waals surface area (Å²) >= 11 is 0. The van der Waals surface area contributed by atoms with E-state index in [0.29, 0.717) is 11.3 Å². The van der Waals surface area contributed by atoms with E-state index in [4.69, 9.17) is 9.84 Å². The number of aliphatic hydroxyl groups is 1. The molecular weight excluding hydrogens is 196 g/mol. The Bertz CT molecular complexity index is 333. The smallest absolute Gasteiger partial charge is 0.310 e. The first kappa shape index (κ1) is 11.5. The molecule has 1 rings (SSSR count). The lowest BCUT2D eigenvalue weighted by Crippen LogP contribution is -2.12. The highest BCUT2D eigenvalue weighted by Crippen LogP contribution is 2.19. The molecule has 1 atom stereocenters. The molecule has 1 aromatic carbocycles. The summed E-state index contributed by atoms with van der Waals surface area (Å²) in [7, 11) is 1.33.